The summed E-state index contributed by atoms with van der Waals surface area (Å²) in [6, 6.07) is -1.15. The van der Waals surface area contributed by atoms with Crippen LogP contribution in [-0.4, -0.2) is 6.26 Å². The maximum atomic E-state index is 7.53. The van der Waals surface area contributed by atoms with Crippen molar-refractivity contribution in [3.8, 4) is 0 Å². The van der Waals surface area contributed by atoms with Crippen molar-refractivity contribution in [3.63, 3.8) is 0 Å². The molecular weight excluding hydrogens is 148 g/mol. The van der Waals surface area contributed by atoms with E-state index in [0.717, 1.165) is 0 Å². The Bertz CT molecular complexity index is 337. The lowest BCUT2D eigenvalue weighted by molar-refractivity contribution is 1.48. The molecule has 0 nitrogen and oxygen atoms in total. The third-order valence-corrected chi connectivity index (χ3v) is 2.18. The third kappa shape index (κ3) is 2.33. The molecule has 1 rings (SSSR count). The second-order valence-corrected chi connectivity index (χ2v) is 3.61. The van der Waals surface area contributed by atoms with Crippen LogP contribution < -0.4 is 0 Å². The summed E-state index contributed by atoms with van der Waals surface area (Å²) in [6.45, 7) is 0. The van der Waals surface area contributed by atoms with E-state index in [1.165, 1.54) is 21.6 Å². The molecule has 2 heteroatoms. The number of benzene rings is 1. The van der Waals surface area contributed by atoms with Crippen LogP contribution in [0.4, 0.5) is 0 Å². The van der Waals surface area contributed by atoms with Gasteiger partial charge in [-0.3, -0.25) is 0 Å². The molecule has 0 amide bonds. The van der Waals surface area contributed by atoms with Gasteiger partial charge >= 0.3 is 0 Å². The Labute approximate surface area is 70.5 Å². The summed E-state index contributed by atoms with van der Waals surface area (Å²) in [5, 5.41) is 0. The molecule has 0 saturated carbocycles. The fraction of sp³-hybridized carbons (Fsp3) is 0.143. The summed E-state index contributed by atoms with van der Waals surface area (Å²) in [5.74, 6) is 0. The number of rotatable bonds is 2. The van der Waals surface area contributed by atoms with E-state index in [1.807, 2.05) is 0 Å². The topological polar surface area (TPSA) is 0 Å². The maximum Gasteiger partial charge on any atom is 0.0635 e. The Morgan fingerprint density at radius 1 is 1.33 bits per heavy atom. The van der Waals surface area contributed by atoms with Gasteiger partial charge in [-0.25, -0.2) is 0 Å². The van der Waals surface area contributed by atoms with Crippen LogP contribution in [0.25, 0.3) is 0 Å². The second-order valence-electron chi connectivity index (χ2n) is 1.20. The fourth-order valence-corrected chi connectivity index (χ4v) is 1.47. The molecule has 0 radical (unpaired) electrons. The molecule has 0 aromatic heterocycles. The van der Waals surface area contributed by atoms with Gasteiger partial charge in [-0.1, -0.05) is 39.7 Å². The molecule has 0 heterocycles. The van der Waals surface area contributed by atoms with Crippen molar-refractivity contribution in [1.29, 1.82) is 0 Å². The van der Waals surface area contributed by atoms with Crippen molar-refractivity contribution in [2.75, 3.05) is 6.26 Å². The predicted octanol–water partition coefficient (Wildman–Crippen LogP) is 3.06. The van der Waals surface area contributed by atoms with Crippen LogP contribution >= 0.6 is 21.6 Å². The van der Waals surface area contributed by atoms with E-state index >= 15 is 0 Å². The number of hydrogen-bond acceptors (Lipinski definition) is 2. The van der Waals surface area contributed by atoms with Crippen LogP contribution in [0.15, 0.2) is 35.1 Å². The standard InChI is InChI=1S/C7H8S2/c1-8-9-7-5-3-2-4-6-7/h2-6H,1H3/i2D,3D,4D,5D,6D. The quantitative estimate of drug-likeness (QED) is 0.611. The van der Waals surface area contributed by atoms with E-state index in [9.17, 15) is 0 Å². The Morgan fingerprint density at radius 2 is 2.00 bits per heavy atom. The van der Waals surface area contributed by atoms with Crippen molar-refractivity contribution < 1.29 is 6.85 Å². The monoisotopic (exact) mass is 161 g/mol. The molecule has 0 unspecified atom stereocenters. The van der Waals surface area contributed by atoms with Gasteiger partial charge in [0.05, 0.1) is 6.85 Å². The SMILES string of the molecule is [2H]c1c([2H])c([2H])c(SSC)c([2H])c1[2H]. The van der Waals surface area contributed by atoms with Crippen LogP contribution in [-0.2, 0) is 0 Å². The Balaban J connectivity index is 3.43. The van der Waals surface area contributed by atoms with Gasteiger partial charge in [0.25, 0.3) is 0 Å². The molecule has 0 saturated heterocycles. The van der Waals surface area contributed by atoms with E-state index in [0.29, 0.717) is 4.90 Å². The minimum absolute atomic E-state index is 0.129. The van der Waals surface area contributed by atoms with Crippen LogP contribution in [0, 0.1) is 0 Å². The van der Waals surface area contributed by atoms with Crippen molar-refractivity contribution >= 4 is 21.6 Å². The largest absolute Gasteiger partial charge is 0.0924 e. The minimum atomic E-state index is -0.342. The zero-order chi connectivity index (χ0) is 10.9. The molecule has 1 aromatic rings. The molecule has 0 aliphatic carbocycles. The van der Waals surface area contributed by atoms with Gasteiger partial charge in [-0.2, -0.15) is 0 Å². The minimum Gasteiger partial charge on any atom is -0.0924 e. The summed E-state index contributed by atoms with van der Waals surface area (Å²) in [4.78, 5) is 0.295. The Hall–Kier alpha value is -0.0800. The summed E-state index contributed by atoms with van der Waals surface area (Å²) in [6.07, 6.45) is 1.80. The fourth-order valence-electron chi connectivity index (χ4n) is 0.364. The number of hydrogen-bond donors (Lipinski definition) is 0. The van der Waals surface area contributed by atoms with Crippen molar-refractivity contribution in [3.05, 3.63) is 30.2 Å². The van der Waals surface area contributed by atoms with Gasteiger partial charge in [0.15, 0.2) is 0 Å². The van der Waals surface area contributed by atoms with Crippen LogP contribution in [0.1, 0.15) is 6.85 Å². The predicted molar refractivity (Wildman–Crippen MR) is 45.8 cm³/mol. The molecule has 48 valence electrons. The first-order valence-electron chi connectivity index (χ1n) is 4.78. The summed E-state index contributed by atoms with van der Waals surface area (Å²) < 4.78 is 37.2. The zero-order valence-corrected chi connectivity index (χ0v) is 6.45. The lowest BCUT2D eigenvalue weighted by atomic mass is 10.4. The van der Waals surface area contributed by atoms with Crippen molar-refractivity contribution in [2.45, 2.75) is 4.90 Å². The zero-order valence-electron chi connectivity index (χ0n) is 9.82. The average molecular weight is 161 g/mol. The van der Waals surface area contributed by atoms with Gasteiger partial charge in [0.2, 0.25) is 0 Å². The summed E-state index contributed by atoms with van der Waals surface area (Å²) >= 11 is 0. The molecule has 0 N–H and O–H groups in total. The van der Waals surface area contributed by atoms with Crippen LogP contribution in [0.3, 0.4) is 0 Å². The first-order chi connectivity index (χ1) is 6.50. The lowest BCUT2D eigenvalue weighted by Crippen LogP contribution is -1.61. The van der Waals surface area contributed by atoms with E-state index in [-0.39, 0.29) is 30.2 Å². The molecule has 0 fully saturated rings. The third-order valence-electron chi connectivity index (χ3n) is 0.644. The van der Waals surface area contributed by atoms with E-state index < -0.39 is 0 Å². The highest BCUT2D eigenvalue weighted by Crippen LogP contribution is 2.27. The lowest BCUT2D eigenvalue weighted by Gasteiger charge is -1.92. The van der Waals surface area contributed by atoms with Crippen LogP contribution in [0.2, 0.25) is 0 Å². The van der Waals surface area contributed by atoms with Crippen molar-refractivity contribution in [2.24, 2.45) is 0 Å². The molecule has 0 atom stereocenters. The maximum absolute atomic E-state index is 7.53. The highest BCUT2D eigenvalue weighted by molar-refractivity contribution is 8.76. The summed E-state index contributed by atoms with van der Waals surface area (Å²) in [5.41, 5.74) is 0. The van der Waals surface area contributed by atoms with E-state index in [2.05, 4.69) is 0 Å². The Kier molecular flexibility index (Phi) is 1.24. The second kappa shape index (κ2) is 3.85. The molecule has 0 bridgehead atoms. The summed E-state index contributed by atoms with van der Waals surface area (Å²) in [7, 11) is 2.54. The highest BCUT2D eigenvalue weighted by Gasteiger charge is 1.85. The highest BCUT2D eigenvalue weighted by atomic mass is 33.1. The molecule has 1 aromatic carbocycles. The first-order valence-corrected chi connectivity index (χ1v) is 4.84. The van der Waals surface area contributed by atoms with Gasteiger partial charge in [0, 0.05) is 4.90 Å². The molecule has 9 heavy (non-hydrogen) atoms. The van der Waals surface area contributed by atoms with Gasteiger partial charge in [0.1, 0.15) is 0 Å². The first kappa shape index (κ1) is 2.89. The van der Waals surface area contributed by atoms with Gasteiger partial charge in [-0.05, 0) is 18.3 Å². The van der Waals surface area contributed by atoms with Crippen LogP contribution in [0.5, 0.6) is 0 Å². The van der Waals surface area contributed by atoms with Crippen molar-refractivity contribution in [1.82, 2.24) is 0 Å². The van der Waals surface area contributed by atoms with E-state index in [1.54, 1.807) is 6.26 Å². The molecule has 0 aliphatic heterocycles. The average Bonchev–Trinajstić information content (AvgIpc) is 2.19. The Morgan fingerprint density at radius 3 is 2.56 bits per heavy atom. The van der Waals surface area contributed by atoms with Gasteiger partial charge < -0.3 is 0 Å². The molecular formula is C7H8S2. The van der Waals surface area contributed by atoms with E-state index in [4.69, 9.17) is 6.85 Å². The normalized spacial score (nSPS) is 17.2. The smallest absolute Gasteiger partial charge is 0.0635 e. The molecule has 0 aliphatic rings. The molecule has 0 spiro atoms. The van der Waals surface area contributed by atoms with Gasteiger partial charge in [-0.15, -0.1) is 0 Å².